The standard InChI is InChI=1S/C29H25FN4O3/c1-16-10-17(2)28-22(15-32-23(28)11-16)18(3)33-24-9-4-19(14-31)12-26(24)34(29(33)37)25(13-27(35)36)20-5-7-21(30)8-6-20/h4-12,15,18,25,32H,13H2,1-3H3,(H,35,36). The number of halogens is 1. The van der Waals surface area contributed by atoms with Crippen molar-refractivity contribution in [2.75, 3.05) is 0 Å². The fourth-order valence-electron chi connectivity index (χ4n) is 5.36. The van der Waals surface area contributed by atoms with Crippen LogP contribution in [0.15, 0.2) is 65.6 Å². The maximum Gasteiger partial charge on any atom is 0.330 e. The Morgan fingerprint density at radius 3 is 2.49 bits per heavy atom. The minimum absolute atomic E-state index is 0.345. The molecule has 0 aliphatic rings. The van der Waals surface area contributed by atoms with Gasteiger partial charge in [-0.25, -0.2) is 9.18 Å². The smallest absolute Gasteiger partial charge is 0.330 e. The van der Waals surface area contributed by atoms with Gasteiger partial charge in [0.25, 0.3) is 0 Å². The zero-order chi connectivity index (χ0) is 26.4. The molecule has 8 heteroatoms. The van der Waals surface area contributed by atoms with Crippen LogP contribution in [0.2, 0.25) is 0 Å². The third-order valence-corrected chi connectivity index (χ3v) is 6.96. The number of imidazole rings is 1. The number of carboxylic acid groups (broad SMARTS) is 1. The van der Waals surface area contributed by atoms with Crippen molar-refractivity contribution >= 4 is 27.9 Å². The first kappa shape index (κ1) is 24.1. The van der Waals surface area contributed by atoms with Gasteiger partial charge in [-0.3, -0.25) is 13.9 Å². The van der Waals surface area contributed by atoms with E-state index in [1.165, 1.54) is 28.8 Å². The Morgan fingerprint density at radius 2 is 1.81 bits per heavy atom. The van der Waals surface area contributed by atoms with E-state index in [9.17, 15) is 24.3 Å². The van der Waals surface area contributed by atoms with Crippen LogP contribution in [0, 0.1) is 31.0 Å². The number of carboxylic acids is 1. The Bertz CT molecular complexity index is 1770. The zero-order valence-corrected chi connectivity index (χ0v) is 20.6. The first-order valence-electron chi connectivity index (χ1n) is 11.9. The van der Waals surface area contributed by atoms with E-state index in [2.05, 4.69) is 23.2 Å². The summed E-state index contributed by atoms with van der Waals surface area (Å²) < 4.78 is 16.7. The first-order valence-corrected chi connectivity index (χ1v) is 11.9. The molecule has 0 bridgehead atoms. The van der Waals surface area contributed by atoms with Crippen molar-refractivity contribution in [3.05, 3.63) is 105 Å². The molecule has 186 valence electrons. The zero-order valence-electron chi connectivity index (χ0n) is 20.6. The Hall–Kier alpha value is -4.64. The van der Waals surface area contributed by atoms with Crippen LogP contribution in [0.1, 0.15) is 53.2 Å². The fourth-order valence-corrected chi connectivity index (χ4v) is 5.36. The molecule has 2 aromatic heterocycles. The van der Waals surface area contributed by atoms with E-state index in [4.69, 9.17) is 0 Å². The topological polar surface area (TPSA) is 104 Å². The van der Waals surface area contributed by atoms with E-state index in [0.717, 1.165) is 27.6 Å². The van der Waals surface area contributed by atoms with Gasteiger partial charge in [-0.1, -0.05) is 18.2 Å². The van der Waals surface area contributed by atoms with Gasteiger partial charge < -0.3 is 10.1 Å². The number of fused-ring (bicyclic) bond motifs is 2. The summed E-state index contributed by atoms with van der Waals surface area (Å²) in [6, 6.07) is 15.4. The quantitative estimate of drug-likeness (QED) is 0.320. The minimum Gasteiger partial charge on any atom is -0.481 e. The van der Waals surface area contributed by atoms with Gasteiger partial charge in [0.1, 0.15) is 5.82 Å². The number of nitriles is 1. The number of aromatic nitrogens is 3. The molecule has 5 rings (SSSR count). The van der Waals surface area contributed by atoms with Crippen LogP contribution in [-0.4, -0.2) is 25.2 Å². The number of nitrogens with one attached hydrogen (secondary N) is 1. The van der Waals surface area contributed by atoms with Crippen molar-refractivity contribution in [2.45, 2.75) is 39.3 Å². The molecule has 0 aliphatic heterocycles. The van der Waals surface area contributed by atoms with E-state index in [1.807, 2.05) is 27.0 Å². The van der Waals surface area contributed by atoms with Gasteiger partial charge in [0, 0.05) is 22.7 Å². The highest BCUT2D eigenvalue weighted by Gasteiger charge is 2.28. The number of aromatic amines is 1. The third kappa shape index (κ3) is 4.08. The lowest BCUT2D eigenvalue weighted by Gasteiger charge is -2.18. The largest absolute Gasteiger partial charge is 0.481 e. The highest BCUT2D eigenvalue weighted by molar-refractivity contribution is 5.88. The lowest BCUT2D eigenvalue weighted by Crippen LogP contribution is -2.31. The Morgan fingerprint density at radius 1 is 1.08 bits per heavy atom. The second kappa shape index (κ2) is 9.10. The van der Waals surface area contributed by atoms with Crippen molar-refractivity contribution in [3.8, 4) is 6.07 Å². The molecule has 5 aromatic rings. The molecular formula is C29H25FN4O3. The SMILES string of the molecule is Cc1cc(C)c2c(C(C)n3c(=O)n(C(CC(=O)O)c4ccc(F)cc4)c4cc(C#N)ccc43)c[nH]c2c1. The summed E-state index contributed by atoms with van der Waals surface area (Å²) in [5.74, 6) is -1.56. The predicted octanol–water partition coefficient (Wildman–Crippen LogP) is 5.59. The van der Waals surface area contributed by atoms with E-state index in [0.29, 0.717) is 22.2 Å². The van der Waals surface area contributed by atoms with Crippen LogP contribution in [0.25, 0.3) is 21.9 Å². The number of H-pyrrole nitrogens is 1. The molecule has 2 atom stereocenters. The highest BCUT2D eigenvalue weighted by atomic mass is 19.1. The van der Waals surface area contributed by atoms with Gasteiger partial charge in [0.15, 0.2) is 0 Å². The molecule has 0 fully saturated rings. The van der Waals surface area contributed by atoms with Crippen LogP contribution in [-0.2, 0) is 4.79 Å². The highest BCUT2D eigenvalue weighted by Crippen LogP contribution is 2.33. The molecule has 2 N–H and O–H groups in total. The summed E-state index contributed by atoms with van der Waals surface area (Å²) in [6.45, 7) is 5.98. The van der Waals surface area contributed by atoms with E-state index in [-0.39, 0.29) is 6.42 Å². The third-order valence-electron chi connectivity index (χ3n) is 6.96. The van der Waals surface area contributed by atoms with Crippen molar-refractivity contribution in [1.29, 1.82) is 5.26 Å². The number of nitrogens with zero attached hydrogens (tertiary/aromatic N) is 3. The van der Waals surface area contributed by atoms with E-state index in [1.54, 1.807) is 22.8 Å². The van der Waals surface area contributed by atoms with Gasteiger partial charge in [0.05, 0.1) is 41.2 Å². The van der Waals surface area contributed by atoms with Crippen molar-refractivity contribution in [3.63, 3.8) is 0 Å². The summed E-state index contributed by atoms with van der Waals surface area (Å²) in [5.41, 5.74) is 5.54. The molecule has 37 heavy (non-hydrogen) atoms. The van der Waals surface area contributed by atoms with Crippen LogP contribution >= 0.6 is 0 Å². The van der Waals surface area contributed by atoms with Crippen LogP contribution < -0.4 is 5.69 Å². The molecular weight excluding hydrogens is 471 g/mol. The molecule has 0 spiro atoms. The van der Waals surface area contributed by atoms with Gasteiger partial charge in [-0.05, 0) is 73.9 Å². The summed E-state index contributed by atoms with van der Waals surface area (Å²) in [4.78, 5) is 29.3. The number of carbonyl (C=O) groups is 1. The minimum atomic E-state index is -1.10. The average Bonchev–Trinajstić information content (AvgIpc) is 3.40. The van der Waals surface area contributed by atoms with Crippen molar-refractivity contribution in [2.24, 2.45) is 0 Å². The monoisotopic (exact) mass is 496 g/mol. The summed E-state index contributed by atoms with van der Waals surface area (Å²) >= 11 is 0. The maximum atomic E-state index is 14.1. The number of hydrogen-bond acceptors (Lipinski definition) is 3. The first-order chi connectivity index (χ1) is 17.7. The lowest BCUT2D eigenvalue weighted by molar-refractivity contribution is -0.137. The summed E-state index contributed by atoms with van der Waals surface area (Å²) in [6.07, 6.45) is 1.51. The molecule has 3 aromatic carbocycles. The van der Waals surface area contributed by atoms with Gasteiger partial charge in [-0.2, -0.15) is 5.26 Å². The van der Waals surface area contributed by atoms with Crippen LogP contribution in [0.3, 0.4) is 0 Å². The van der Waals surface area contributed by atoms with Gasteiger partial charge in [0.2, 0.25) is 0 Å². The summed E-state index contributed by atoms with van der Waals surface area (Å²) in [7, 11) is 0. The molecule has 0 saturated heterocycles. The van der Waals surface area contributed by atoms with Gasteiger partial charge >= 0.3 is 11.7 Å². The number of aliphatic carboxylic acids is 1. The predicted molar refractivity (Wildman–Crippen MR) is 139 cm³/mol. The normalized spacial score (nSPS) is 13.1. The summed E-state index contributed by atoms with van der Waals surface area (Å²) in [5, 5.41) is 20.3. The van der Waals surface area contributed by atoms with E-state index < -0.39 is 29.6 Å². The molecule has 0 aliphatic carbocycles. The van der Waals surface area contributed by atoms with Crippen molar-refractivity contribution in [1.82, 2.24) is 14.1 Å². The lowest BCUT2D eigenvalue weighted by atomic mass is 10.0. The molecule has 2 unspecified atom stereocenters. The molecule has 7 nitrogen and oxygen atoms in total. The van der Waals surface area contributed by atoms with Gasteiger partial charge in [-0.15, -0.1) is 0 Å². The Balaban J connectivity index is 1.79. The number of aryl methyl sites for hydroxylation is 2. The van der Waals surface area contributed by atoms with Crippen molar-refractivity contribution < 1.29 is 14.3 Å². The second-order valence-electron chi connectivity index (χ2n) is 9.43. The fraction of sp³-hybridized carbons (Fsp3) is 0.207. The van der Waals surface area contributed by atoms with E-state index >= 15 is 0 Å². The molecule has 0 amide bonds. The average molecular weight is 497 g/mol. The number of benzene rings is 3. The molecule has 0 saturated carbocycles. The Labute approximate surface area is 212 Å². The molecule has 2 heterocycles. The number of hydrogen-bond donors (Lipinski definition) is 2. The van der Waals surface area contributed by atoms with Crippen LogP contribution in [0.5, 0.6) is 0 Å². The number of rotatable bonds is 6. The maximum absolute atomic E-state index is 14.1. The second-order valence-corrected chi connectivity index (χ2v) is 9.43. The Kier molecular flexibility index (Phi) is 5.92. The van der Waals surface area contributed by atoms with Crippen LogP contribution in [0.4, 0.5) is 4.39 Å². The molecule has 0 radical (unpaired) electrons.